The van der Waals surface area contributed by atoms with Gasteiger partial charge in [0.15, 0.2) is 17.4 Å². The van der Waals surface area contributed by atoms with Gasteiger partial charge >= 0.3 is 12.3 Å². The largest absolute Gasteiger partial charge is 0.427 e. The average molecular weight is 604 g/mol. The number of rotatable bonds is 8. The van der Waals surface area contributed by atoms with Crippen LogP contribution >= 0.6 is 0 Å². The number of hydrogen-bond acceptors (Lipinski definition) is 1. The predicted octanol–water partition coefficient (Wildman–Crippen LogP) is 10.3. The van der Waals surface area contributed by atoms with Gasteiger partial charge in [0.1, 0.15) is 28.8 Å². The lowest BCUT2D eigenvalue weighted by molar-refractivity contribution is -0.188. The molecule has 0 heterocycles. The van der Waals surface area contributed by atoms with Crippen molar-refractivity contribution in [3.05, 3.63) is 112 Å². The maximum Gasteiger partial charge on any atom is 0.427 e. The molecular weight excluding hydrogens is 585 g/mol. The lowest BCUT2D eigenvalue weighted by Crippen LogP contribution is -2.23. The highest BCUT2D eigenvalue weighted by Crippen LogP contribution is 2.40. The van der Waals surface area contributed by atoms with E-state index in [9.17, 15) is 48.3 Å². The molecule has 0 saturated carbocycles. The van der Waals surface area contributed by atoms with E-state index in [1.165, 1.54) is 12.1 Å². The van der Waals surface area contributed by atoms with Crippen LogP contribution in [0.25, 0.3) is 22.3 Å². The Morgan fingerprint density at radius 3 is 1.57 bits per heavy atom. The molecule has 0 N–H and O–H groups in total. The fraction of sp³-hybridized carbons (Fsp3) is 0.200. The summed E-state index contributed by atoms with van der Waals surface area (Å²) >= 11 is 0. The van der Waals surface area contributed by atoms with Crippen LogP contribution in [0.1, 0.15) is 36.5 Å². The molecule has 0 aliphatic rings. The molecule has 0 aliphatic carbocycles. The van der Waals surface area contributed by atoms with Gasteiger partial charge in [0, 0.05) is 11.1 Å². The lowest BCUT2D eigenvalue weighted by atomic mass is 10.00. The van der Waals surface area contributed by atoms with Gasteiger partial charge in [-0.15, -0.1) is 0 Å². The van der Waals surface area contributed by atoms with Crippen LogP contribution in [0.2, 0.25) is 0 Å². The molecular formula is C30H19F11O. The number of ether oxygens (including phenoxy) is 1. The third kappa shape index (κ3) is 6.37. The highest BCUT2D eigenvalue weighted by molar-refractivity contribution is 5.67. The van der Waals surface area contributed by atoms with Crippen LogP contribution < -0.4 is 4.74 Å². The molecule has 222 valence electrons. The second-order valence-corrected chi connectivity index (χ2v) is 9.31. The molecule has 0 radical (unpaired) electrons. The third-order valence-corrected chi connectivity index (χ3v) is 6.33. The molecule has 4 rings (SSSR count). The summed E-state index contributed by atoms with van der Waals surface area (Å²) in [5.41, 5.74) is -4.81. The van der Waals surface area contributed by atoms with Crippen molar-refractivity contribution in [3.8, 4) is 28.0 Å². The first-order chi connectivity index (χ1) is 19.6. The topological polar surface area (TPSA) is 9.23 Å². The first kappa shape index (κ1) is 30.9. The van der Waals surface area contributed by atoms with Gasteiger partial charge in [0.2, 0.25) is 0 Å². The molecule has 0 atom stereocenters. The van der Waals surface area contributed by atoms with Gasteiger partial charge in [0.05, 0.1) is 5.56 Å². The fourth-order valence-corrected chi connectivity index (χ4v) is 4.26. The Morgan fingerprint density at radius 2 is 1.10 bits per heavy atom. The maximum atomic E-state index is 14.8. The molecule has 0 unspecified atom stereocenters. The zero-order valence-corrected chi connectivity index (χ0v) is 21.5. The predicted molar refractivity (Wildman–Crippen MR) is 132 cm³/mol. The van der Waals surface area contributed by atoms with Crippen molar-refractivity contribution in [2.24, 2.45) is 0 Å². The summed E-state index contributed by atoms with van der Waals surface area (Å²) in [5, 5.41) is 0. The number of halogens is 11. The van der Waals surface area contributed by atoms with Crippen LogP contribution in [-0.4, -0.2) is 0 Å². The van der Waals surface area contributed by atoms with E-state index in [1.54, 1.807) is 6.07 Å². The molecule has 0 fully saturated rings. The first-order valence-corrected chi connectivity index (χ1v) is 12.3. The normalized spacial score (nSPS) is 12.1. The van der Waals surface area contributed by atoms with Crippen molar-refractivity contribution in [1.29, 1.82) is 0 Å². The molecule has 0 aliphatic heterocycles. The summed E-state index contributed by atoms with van der Waals surface area (Å²) in [6, 6.07) is 6.76. The van der Waals surface area contributed by atoms with Crippen LogP contribution in [0.5, 0.6) is 5.75 Å². The molecule has 0 amide bonds. The van der Waals surface area contributed by atoms with Gasteiger partial charge in [-0.2, -0.15) is 22.0 Å². The minimum atomic E-state index is -5.38. The van der Waals surface area contributed by atoms with Crippen molar-refractivity contribution in [2.45, 2.75) is 38.5 Å². The van der Waals surface area contributed by atoms with E-state index in [2.05, 4.69) is 4.74 Å². The van der Waals surface area contributed by atoms with Crippen LogP contribution in [-0.2, 0) is 18.7 Å². The summed E-state index contributed by atoms with van der Waals surface area (Å²) in [6.07, 6.45) is -7.71. The molecule has 0 saturated heterocycles. The van der Waals surface area contributed by atoms with Crippen LogP contribution in [0.3, 0.4) is 0 Å². The Kier molecular flexibility index (Phi) is 8.56. The zero-order chi connectivity index (χ0) is 31.0. The monoisotopic (exact) mass is 604 g/mol. The Bertz CT molecular complexity index is 1580. The molecule has 0 aromatic heterocycles. The van der Waals surface area contributed by atoms with Crippen molar-refractivity contribution in [3.63, 3.8) is 0 Å². The van der Waals surface area contributed by atoms with Crippen LogP contribution in [0.15, 0.2) is 60.7 Å². The summed E-state index contributed by atoms with van der Waals surface area (Å²) in [4.78, 5) is 0. The fourth-order valence-electron chi connectivity index (χ4n) is 4.26. The third-order valence-electron chi connectivity index (χ3n) is 6.33. The zero-order valence-electron chi connectivity index (χ0n) is 21.5. The maximum absolute atomic E-state index is 14.8. The Balaban J connectivity index is 1.61. The van der Waals surface area contributed by atoms with E-state index in [1.807, 2.05) is 6.92 Å². The molecule has 0 bridgehead atoms. The average Bonchev–Trinajstić information content (AvgIpc) is 2.88. The van der Waals surface area contributed by atoms with Crippen molar-refractivity contribution < 1.29 is 53.0 Å². The van der Waals surface area contributed by atoms with E-state index in [-0.39, 0.29) is 29.3 Å². The molecule has 1 nitrogen and oxygen atoms in total. The Morgan fingerprint density at radius 1 is 0.595 bits per heavy atom. The minimum Gasteiger partial charge on any atom is -0.423 e. The summed E-state index contributed by atoms with van der Waals surface area (Å²) in [5.74, 6) is -11.3. The van der Waals surface area contributed by atoms with Gasteiger partial charge in [-0.05, 0) is 72.0 Å². The standard InChI is InChI=1S/C30H19F11O/c1-2-3-4-15-5-7-19(21(31)9-15)17-12-25(35)28(26(36)13-17)42-30(40,41)18-6-8-20(22(32)14-18)16-10-23(33)27(24(34)11-16)29(37,38)39/h5-14H,2-4H2,1H3. The number of benzene rings is 4. The molecule has 0 spiro atoms. The van der Waals surface area contributed by atoms with Crippen molar-refractivity contribution in [1.82, 2.24) is 0 Å². The van der Waals surface area contributed by atoms with Crippen molar-refractivity contribution >= 4 is 0 Å². The lowest BCUT2D eigenvalue weighted by Gasteiger charge is -2.20. The van der Waals surface area contributed by atoms with E-state index < -0.39 is 75.2 Å². The van der Waals surface area contributed by atoms with Gasteiger partial charge in [-0.1, -0.05) is 31.5 Å². The smallest absolute Gasteiger partial charge is 0.423 e. The molecule has 4 aromatic carbocycles. The van der Waals surface area contributed by atoms with Crippen LogP contribution in [0, 0.1) is 34.9 Å². The van der Waals surface area contributed by atoms with E-state index in [0.717, 1.165) is 12.8 Å². The SMILES string of the molecule is CCCCc1ccc(-c2cc(F)c(OC(F)(F)c3ccc(-c4cc(F)c(C(F)(F)F)c(F)c4)c(F)c3)c(F)c2)c(F)c1. The second-order valence-electron chi connectivity index (χ2n) is 9.31. The van der Waals surface area contributed by atoms with Gasteiger partial charge in [-0.3, -0.25) is 0 Å². The molecule has 12 heteroatoms. The second kappa shape index (κ2) is 11.7. The van der Waals surface area contributed by atoms with Gasteiger partial charge < -0.3 is 4.74 Å². The van der Waals surface area contributed by atoms with E-state index >= 15 is 0 Å². The number of hydrogen-bond donors (Lipinski definition) is 0. The number of unbranched alkanes of at least 4 members (excludes halogenated alkanes) is 1. The van der Waals surface area contributed by atoms with Gasteiger partial charge in [0.25, 0.3) is 0 Å². The summed E-state index contributed by atoms with van der Waals surface area (Å²) < 4.78 is 159. The number of aryl methyl sites for hydroxylation is 1. The van der Waals surface area contributed by atoms with E-state index in [0.29, 0.717) is 36.2 Å². The van der Waals surface area contributed by atoms with Crippen LogP contribution in [0.4, 0.5) is 48.3 Å². The number of alkyl halides is 5. The van der Waals surface area contributed by atoms with E-state index in [4.69, 9.17) is 0 Å². The Hall–Kier alpha value is -4.09. The Labute approximate surface area is 232 Å². The molecule has 4 aromatic rings. The quantitative estimate of drug-likeness (QED) is 0.182. The minimum absolute atomic E-state index is 0.127. The first-order valence-electron chi connectivity index (χ1n) is 12.3. The molecule has 42 heavy (non-hydrogen) atoms. The highest BCUT2D eigenvalue weighted by atomic mass is 19.4. The van der Waals surface area contributed by atoms with Gasteiger partial charge in [-0.25, -0.2) is 26.3 Å². The summed E-state index contributed by atoms with van der Waals surface area (Å²) in [6.45, 7) is 1.95. The van der Waals surface area contributed by atoms with Crippen molar-refractivity contribution in [2.75, 3.05) is 0 Å². The summed E-state index contributed by atoms with van der Waals surface area (Å²) in [7, 11) is 0. The highest BCUT2D eigenvalue weighted by Gasteiger charge is 2.39.